The molecule has 1 rings (SSSR count). The number of carbonyl (C=O) groups is 1. The van der Waals surface area contributed by atoms with Crippen molar-refractivity contribution >= 4 is 17.9 Å². The highest BCUT2D eigenvalue weighted by Gasteiger charge is 2.02. The largest absolute Gasteiger partial charge is 0.295 e. The van der Waals surface area contributed by atoms with Gasteiger partial charge >= 0.3 is 0 Å². The second-order valence-electron chi connectivity index (χ2n) is 5.04. The van der Waals surface area contributed by atoms with Crippen LogP contribution < -0.4 is 0 Å². The summed E-state index contributed by atoms with van der Waals surface area (Å²) >= 11 is 0. The van der Waals surface area contributed by atoms with E-state index in [-0.39, 0.29) is 5.78 Å². The number of benzene rings is 1. The van der Waals surface area contributed by atoms with Crippen molar-refractivity contribution in [2.45, 2.75) is 27.7 Å². The summed E-state index contributed by atoms with van der Waals surface area (Å²) in [7, 11) is 0. The molecule has 0 heterocycles. The van der Waals surface area contributed by atoms with E-state index in [1.165, 1.54) is 0 Å². The Morgan fingerprint density at radius 1 is 1.06 bits per heavy atom. The lowest BCUT2D eigenvalue weighted by Gasteiger charge is -2.10. The van der Waals surface area contributed by atoms with Gasteiger partial charge in [0.05, 0.1) is 0 Å². The highest BCUT2D eigenvalue weighted by Crippen LogP contribution is 2.17. The van der Waals surface area contributed by atoms with Crippen LogP contribution >= 0.6 is 0 Å². The zero-order valence-corrected chi connectivity index (χ0v) is 11.7. The molecule has 0 aliphatic carbocycles. The van der Waals surface area contributed by atoms with Gasteiger partial charge in [-0.1, -0.05) is 63.3 Å². The SMILES string of the molecule is CC(=O)C=Cc1ccccc1C=CC(C)C(C)C. The van der Waals surface area contributed by atoms with Crippen molar-refractivity contribution in [3.8, 4) is 0 Å². The molecule has 1 aromatic rings. The van der Waals surface area contributed by atoms with Crippen molar-refractivity contribution in [2.75, 3.05) is 0 Å². The number of allylic oxidation sites excluding steroid dienone is 2. The normalized spacial score (nSPS) is 13.6. The molecule has 96 valence electrons. The molecule has 0 saturated carbocycles. The smallest absolute Gasteiger partial charge is 0.152 e. The summed E-state index contributed by atoms with van der Waals surface area (Å²) in [6.45, 7) is 8.22. The van der Waals surface area contributed by atoms with Gasteiger partial charge in [-0.2, -0.15) is 0 Å². The van der Waals surface area contributed by atoms with Gasteiger partial charge in [0.1, 0.15) is 0 Å². The molecule has 1 unspecified atom stereocenters. The first-order valence-corrected chi connectivity index (χ1v) is 6.46. The van der Waals surface area contributed by atoms with Crippen LogP contribution in [0.1, 0.15) is 38.8 Å². The van der Waals surface area contributed by atoms with Crippen molar-refractivity contribution < 1.29 is 4.79 Å². The Labute approximate surface area is 110 Å². The van der Waals surface area contributed by atoms with E-state index in [0.717, 1.165) is 11.1 Å². The van der Waals surface area contributed by atoms with E-state index in [4.69, 9.17) is 0 Å². The molecule has 0 aliphatic heterocycles. The third kappa shape index (κ3) is 4.70. The molecular weight excluding hydrogens is 220 g/mol. The summed E-state index contributed by atoms with van der Waals surface area (Å²) in [6.07, 6.45) is 7.86. The standard InChI is InChI=1S/C17H22O/c1-13(2)14(3)9-11-16-7-5-6-8-17(16)12-10-15(4)18/h5-14H,1-4H3. The topological polar surface area (TPSA) is 17.1 Å². The van der Waals surface area contributed by atoms with Crippen molar-refractivity contribution in [1.82, 2.24) is 0 Å². The average Bonchev–Trinajstić information content (AvgIpc) is 2.34. The maximum Gasteiger partial charge on any atom is 0.152 e. The number of hydrogen-bond donors (Lipinski definition) is 0. The maximum absolute atomic E-state index is 11.0. The molecule has 0 saturated heterocycles. The molecule has 1 aromatic carbocycles. The lowest BCUT2D eigenvalue weighted by Crippen LogP contribution is -1.99. The van der Waals surface area contributed by atoms with Crippen molar-refractivity contribution in [2.24, 2.45) is 11.8 Å². The molecular formula is C17H22O. The lowest BCUT2D eigenvalue weighted by atomic mass is 9.96. The fraction of sp³-hybridized carbons (Fsp3) is 0.353. The van der Waals surface area contributed by atoms with E-state index >= 15 is 0 Å². The number of ketones is 1. The molecule has 1 nitrogen and oxygen atoms in total. The van der Waals surface area contributed by atoms with Crippen molar-refractivity contribution in [3.63, 3.8) is 0 Å². The van der Waals surface area contributed by atoms with Gasteiger partial charge in [-0.05, 0) is 36.0 Å². The van der Waals surface area contributed by atoms with Gasteiger partial charge in [-0.3, -0.25) is 4.79 Å². The van der Waals surface area contributed by atoms with Gasteiger partial charge in [-0.15, -0.1) is 0 Å². The van der Waals surface area contributed by atoms with Crippen molar-refractivity contribution in [3.05, 3.63) is 47.5 Å². The van der Waals surface area contributed by atoms with Crippen LogP contribution in [0.3, 0.4) is 0 Å². The molecule has 0 amide bonds. The Hall–Kier alpha value is -1.63. The van der Waals surface area contributed by atoms with E-state index in [9.17, 15) is 4.79 Å². The Morgan fingerprint density at radius 3 is 2.11 bits per heavy atom. The second kappa shape index (κ2) is 6.95. The molecule has 0 aromatic heterocycles. The molecule has 0 aliphatic rings. The second-order valence-corrected chi connectivity index (χ2v) is 5.04. The zero-order valence-electron chi connectivity index (χ0n) is 11.7. The molecule has 18 heavy (non-hydrogen) atoms. The van der Waals surface area contributed by atoms with Crippen LogP contribution in [0.4, 0.5) is 0 Å². The first-order valence-electron chi connectivity index (χ1n) is 6.46. The third-order valence-corrected chi connectivity index (χ3v) is 3.12. The fourth-order valence-corrected chi connectivity index (χ4v) is 1.50. The van der Waals surface area contributed by atoms with E-state index in [1.807, 2.05) is 24.3 Å². The molecule has 0 radical (unpaired) electrons. The van der Waals surface area contributed by atoms with E-state index in [1.54, 1.807) is 13.0 Å². The predicted octanol–water partition coefficient (Wildman–Crippen LogP) is 4.59. The summed E-state index contributed by atoms with van der Waals surface area (Å²) in [5.41, 5.74) is 2.24. The minimum absolute atomic E-state index is 0.0735. The van der Waals surface area contributed by atoms with Gasteiger partial charge in [0, 0.05) is 0 Å². The van der Waals surface area contributed by atoms with Crippen LogP contribution in [0.15, 0.2) is 36.4 Å². The summed E-state index contributed by atoms with van der Waals surface area (Å²) in [5, 5.41) is 0. The lowest BCUT2D eigenvalue weighted by molar-refractivity contribution is -0.112. The summed E-state index contributed by atoms with van der Waals surface area (Å²) in [5.74, 6) is 1.26. The molecule has 1 atom stereocenters. The molecule has 0 spiro atoms. The van der Waals surface area contributed by atoms with Crippen LogP contribution in [-0.2, 0) is 4.79 Å². The van der Waals surface area contributed by atoms with Gasteiger partial charge in [0.25, 0.3) is 0 Å². The minimum atomic E-state index is 0.0735. The number of carbonyl (C=O) groups excluding carboxylic acids is 1. The summed E-state index contributed by atoms with van der Waals surface area (Å²) < 4.78 is 0. The van der Waals surface area contributed by atoms with Crippen LogP contribution in [0.2, 0.25) is 0 Å². The highest BCUT2D eigenvalue weighted by atomic mass is 16.1. The van der Waals surface area contributed by atoms with Crippen LogP contribution in [-0.4, -0.2) is 5.78 Å². The monoisotopic (exact) mass is 242 g/mol. The number of hydrogen-bond acceptors (Lipinski definition) is 1. The van der Waals surface area contributed by atoms with E-state index in [0.29, 0.717) is 11.8 Å². The molecule has 0 bridgehead atoms. The predicted molar refractivity (Wildman–Crippen MR) is 79.2 cm³/mol. The first-order chi connectivity index (χ1) is 8.50. The third-order valence-electron chi connectivity index (χ3n) is 3.12. The average molecular weight is 242 g/mol. The van der Waals surface area contributed by atoms with Crippen LogP contribution in [0.5, 0.6) is 0 Å². The highest BCUT2D eigenvalue weighted by molar-refractivity contribution is 5.92. The quantitative estimate of drug-likeness (QED) is 0.690. The zero-order chi connectivity index (χ0) is 13.5. The van der Waals surface area contributed by atoms with Gasteiger partial charge in [0.2, 0.25) is 0 Å². The molecule has 0 fully saturated rings. The molecule has 0 N–H and O–H groups in total. The Morgan fingerprint density at radius 2 is 1.61 bits per heavy atom. The Balaban J connectivity index is 2.92. The van der Waals surface area contributed by atoms with Crippen LogP contribution in [0.25, 0.3) is 12.2 Å². The van der Waals surface area contributed by atoms with Gasteiger partial charge in [-0.25, -0.2) is 0 Å². The fourth-order valence-electron chi connectivity index (χ4n) is 1.50. The summed E-state index contributed by atoms with van der Waals surface area (Å²) in [4.78, 5) is 11.0. The Bertz CT molecular complexity index is 452. The number of rotatable bonds is 5. The van der Waals surface area contributed by atoms with Crippen molar-refractivity contribution in [1.29, 1.82) is 0 Å². The van der Waals surface area contributed by atoms with Gasteiger partial charge < -0.3 is 0 Å². The van der Waals surface area contributed by atoms with E-state index < -0.39 is 0 Å². The Kier molecular flexibility index (Phi) is 5.57. The van der Waals surface area contributed by atoms with E-state index in [2.05, 4.69) is 39.0 Å². The first kappa shape index (κ1) is 14.4. The summed E-state index contributed by atoms with van der Waals surface area (Å²) in [6, 6.07) is 8.11. The molecule has 1 heteroatoms. The van der Waals surface area contributed by atoms with Crippen LogP contribution in [0, 0.1) is 11.8 Å². The van der Waals surface area contributed by atoms with Gasteiger partial charge in [0.15, 0.2) is 5.78 Å². The maximum atomic E-state index is 11.0. The minimum Gasteiger partial charge on any atom is -0.295 e.